The highest BCUT2D eigenvalue weighted by Gasteiger charge is 2.40. The van der Waals surface area contributed by atoms with Gasteiger partial charge in [0.25, 0.3) is 0 Å². The lowest BCUT2D eigenvalue weighted by Crippen LogP contribution is -2.32. The lowest BCUT2D eigenvalue weighted by atomic mass is 9.87. The van der Waals surface area contributed by atoms with Gasteiger partial charge in [0.05, 0.1) is 48.7 Å². The van der Waals surface area contributed by atoms with Crippen LogP contribution in [-0.4, -0.2) is 188 Å². The molecule has 2 aliphatic carbocycles. The van der Waals surface area contributed by atoms with Crippen molar-refractivity contribution in [3.05, 3.63) is 341 Å². The third-order valence-corrected chi connectivity index (χ3v) is 41.2. The summed E-state index contributed by atoms with van der Waals surface area (Å²) in [6.45, 7) is 29.7. The first-order valence-electron chi connectivity index (χ1n) is 53.2. The van der Waals surface area contributed by atoms with Crippen molar-refractivity contribution in [1.82, 2.24) is 25.8 Å². The number of rotatable bonds is 24. The van der Waals surface area contributed by atoms with Gasteiger partial charge < -0.3 is 14.2 Å². The Kier molecular flexibility index (Phi) is 41.2. The fourth-order valence-electron chi connectivity index (χ4n) is 20.0. The summed E-state index contributed by atoms with van der Waals surface area (Å²) in [7, 11) is -15.5. The topological polar surface area (TPSA) is 252 Å². The number of hydrogen-bond donors (Lipinski definition) is 0. The molecule has 802 valence electrons. The number of aryl methyl sites for hydroxylation is 2. The van der Waals surface area contributed by atoms with Crippen LogP contribution in [0.4, 0.5) is 0 Å². The van der Waals surface area contributed by atoms with E-state index in [0.29, 0.717) is 125 Å². The van der Waals surface area contributed by atoms with E-state index >= 15 is 0 Å². The molecule has 18 rings (SSSR count). The van der Waals surface area contributed by atoms with E-state index in [4.69, 9.17) is 14.2 Å². The molecule has 6 heterocycles. The van der Waals surface area contributed by atoms with Crippen LogP contribution in [0, 0.1) is 30.6 Å². The Labute approximate surface area is 892 Å². The Morgan fingerprint density at radius 3 is 0.725 bits per heavy atom. The van der Waals surface area contributed by atoms with Gasteiger partial charge in [-0.2, -0.15) is 25.8 Å². The van der Waals surface area contributed by atoms with Gasteiger partial charge >= 0.3 is 0 Å². The van der Waals surface area contributed by atoms with E-state index in [1.807, 2.05) is 140 Å². The van der Waals surface area contributed by atoms with Gasteiger partial charge in [0.2, 0.25) is 60.1 Å². The molecule has 10 aromatic rings. The SMILES string of the molecule is CC(C)(C)c1ccc(S(=O)(=O)N2CCC=C(c3ccccc3)CC2)cc1.CCc1ccc(S(=O)(=O)N2CCC=C(c3ccccc3)CC2)cc1.COC1CCN(S(=O)(=O)c2ccc(C(C)(C)C)cc2)CCC1CC1CC1.COC1CCN(S(=O)(=O)c2ccc(C(C)(C)C)cc2)CCC1CC1CC1.COc1ccc(S(=O)(=O)N2CCC=C(c3ccccc3)CC2)cc1.Cc1ccc(S(=O)(=O)N2CCC=C(c3ccccc3)CC2)cc1. The Hall–Kier alpha value is -9.66. The zero-order valence-electron chi connectivity index (χ0n) is 89.9. The molecule has 149 heavy (non-hydrogen) atoms. The predicted molar refractivity (Wildman–Crippen MR) is 604 cm³/mol. The molecule has 0 bridgehead atoms. The molecule has 8 aliphatic rings. The number of methoxy groups -OCH3 is 3. The van der Waals surface area contributed by atoms with Crippen molar-refractivity contribution in [2.24, 2.45) is 23.7 Å². The maximum absolute atomic E-state index is 13.1. The molecular weight excluding hydrogens is 1980 g/mol. The van der Waals surface area contributed by atoms with Crippen molar-refractivity contribution in [1.29, 1.82) is 0 Å². The average Bonchev–Trinajstić information content (AvgIpc) is 1.50. The average molecular weight is 2140 g/mol. The van der Waals surface area contributed by atoms with E-state index in [9.17, 15) is 50.5 Å². The molecule has 0 N–H and O–H groups in total. The van der Waals surface area contributed by atoms with Gasteiger partial charge in [-0.05, 0) is 295 Å². The predicted octanol–water partition coefficient (Wildman–Crippen LogP) is 24.8. The summed E-state index contributed by atoms with van der Waals surface area (Å²) in [5.41, 5.74) is 15.3. The van der Waals surface area contributed by atoms with Crippen LogP contribution in [0.1, 0.15) is 235 Å². The lowest BCUT2D eigenvalue weighted by molar-refractivity contribution is 0.0438. The highest BCUT2D eigenvalue weighted by Crippen LogP contribution is 2.43. The van der Waals surface area contributed by atoms with Gasteiger partial charge in [-0.15, -0.1) is 0 Å². The molecule has 2 saturated heterocycles. The first kappa shape index (κ1) is 116. The minimum atomic E-state index is -3.47. The van der Waals surface area contributed by atoms with Crippen LogP contribution in [0.15, 0.2) is 321 Å². The van der Waals surface area contributed by atoms with Crippen LogP contribution < -0.4 is 4.74 Å². The Balaban J connectivity index is 0.000000149. The fraction of sp³-hybridized carbons (Fsp3) is 0.443. The monoisotopic (exact) mass is 2140 g/mol. The summed E-state index contributed by atoms with van der Waals surface area (Å²) in [5, 5.41) is 0. The van der Waals surface area contributed by atoms with Crippen molar-refractivity contribution in [2.45, 2.75) is 256 Å². The molecule has 21 nitrogen and oxygen atoms in total. The van der Waals surface area contributed by atoms with Crippen LogP contribution in [0.5, 0.6) is 5.75 Å². The summed E-state index contributed by atoms with van der Waals surface area (Å²) < 4.78 is 182. The minimum Gasteiger partial charge on any atom is -0.497 e. The van der Waals surface area contributed by atoms with Gasteiger partial charge in [0.1, 0.15) is 5.75 Å². The van der Waals surface area contributed by atoms with Gasteiger partial charge in [0, 0.05) is 92.8 Å². The molecule has 4 unspecified atom stereocenters. The van der Waals surface area contributed by atoms with Crippen LogP contribution in [0.3, 0.4) is 0 Å². The van der Waals surface area contributed by atoms with Crippen molar-refractivity contribution < 1.29 is 64.7 Å². The van der Waals surface area contributed by atoms with Crippen molar-refractivity contribution >= 4 is 82.4 Å². The Morgan fingerprint density at radius 2 is 0.497 bits per heavy atom. The molecule has 4 fully saturated rings. The Morgan fingerprint density at radius 1 is 0.268 bits per heavy atom. The Bertz CT molecular complexity index is 6570. The molecule has 0 amide bonds. The van der Waals surface area contributed by atoms with Gasteiger partial charge in [-0.1, -0.05) is 307 Å². The molecule has 0 spiro atoms. The maximum Gasteiger partial charge on any atom is 0.243 e. The first-order chi connectivity index (χ1) is 71.0. The van der Waals surface area contributed by atoms with Crippen LogP contribution in [0.25, 0.3) is 22.3 Å². The number of hydrogen-bond acceptors (Lipinski definition) is 15. The summed E-state index contributed by atoms with van der Waals surface area (Å²) in [4.78, 5) is 2.27. The standard InChI is InChI=1S/C22H27NO2S.2C21H33NO3S.C20H23NO2S.C19H21NO3S.C19H21NO2S/c1-22(2,3)20-11-13-21(14-12-20)26(24,25)23-16-7-10-19(15-17-23)18-8-5-4-6-9-18;2*1-21(2,3)18-7-9-19(10-8-18)26(23,24)22-13-11-17(15-16-5-6-16)20(25-4)12-14-22;1-2-17-10-12-20(13-11-17)24(22,23)21-15-6-9-19(14-16-21)18-7-4-3-5-8-18;1-23-18-9-11-19(12-10-18)24(21,22)20-14-5-8-17(13-15-20)16-6-3-2-4-7-16;1-16-9-11-19(12-10-16)23(21,22)20-14-5-8-18(13-15-20)17-6-3-2-4-7-17/h4-6,8-14H,7,15-17H2,1-3H3;2*7-10,16-17,20H,5-6,11-15H2,1-4H3;3-5,7-13H,2,6,14-16H2,1H3;2-4,6-12H,5,13-15H2,1H3;2-4,6-12H,5,13-15H2,1H3. The summed E-state index contributed by atoms with van der Waals surface area (Å²) in [6, 6.07) is 83.8. The van der Waals surface area contributed by atoms with E-state index in [1.54, 1.807) is 132 Å². The van der Waals surface area contributed by atoms with Crippen LogP contribution in [0.2, 0.25) is 0 Å². The van der Waals surface area contributed by atoms with E-state index in [0.717, 1.165) is 123 Å². The third-order valence-electron chi connectivity index (χ3n) is 29.7. The number of ether oxygens (including phenoxy) is 3. The molecular formula is C122H158N6O15S6. The quantitative estimate of drug-likeness (QED) is 0.0545. The highest BCUT2D eigenvalue weighted by atomic mass is 32.2. The van der Waals surface area contributed by atoms with Gasteiger partial charge in [0.15, 0.2) is 0 Å². The maximum atomic E-state index is 13.1. The van der Waals surface area contributed by atoms with E-state index in [1.165, 1.54) is 83.1 Å². The van der Waals surface area contributed by atoms with E-state index in [-0.39, 0.29) is 28.5 Å². The smallest absolute Gasteiger partial charge is 0.243 e. The summed E-state index contributed by atoms with van der Waals surface area (Å²) >= 11 is 0. The summed E-state index contributed by atoms with van der Waals surface area (Å²) in [6.07, 6.45) is 26.9. The lowest BCUT2D eigenvalue weighted by Gasteiger charge is -2.23. The fourth-order valence-corrected chi connectivity index (χ4v) is 28.8. The normalized spacial score (nSPS) is 19.8. The molecule has 27 heteroatoms. The highest BCUT2D eigenvalue weighted by molar-refractivity contribution is 7.90. The second-order valence-corrected chi connectivity index (χ2v) is 55.0. The van der Waals surface area contributed by atoms with Crippen molar-refractivity contribution in [3.8, 4) is 5.75 Å². The zero-order valence-corrected chi connectivity index (χ0v) is 94.8. The molecule has 10 aromatic carbocycles. The first-order valence-corrected chi connectivity index (χ1v) is 61.8. The number of nitrogens with zero attached hydrogens (tertiary/aromatic N) is 6. The van der Waals surface area contributed by atoms with Crippen molar-refractivity contribution in [3.63, 3.8) is 0 Å². The largest absolute Gasteiger partial charge is 0.497 e. The van der Waals surface area contributed by atoms with Gasteiger partial charge in [-0.25, -0.2) is 50.5 Å². The number of sulfonamides is 6. The van der Waals surface area contributed by atoms with Gasteiger partial charge in [-0.3, -0.25) is 0 Å². The molecule has 0 radical (unpaired) electrons. The minimum absolute atomic E-state index is 0.0133. The second kappa shape index (κ2) is 52.8. The van der Waals surface area contributed by atoms with Crippen molar-refractivity contribution in [2.75, 3.05) is 99.9 Å². The molecule has 2 saturated carbocycles. The molecule has 4 atom stereocenters. The third kappa shape index (κ3) is 32.3. The molecule has 6 aliphatic heterocycles. The zero-order chi connectivity index (χ0) is 107. The van der Waals surface area contributed by atoms with E-state index < -0.39 is 60.1 Å². The van der Waals surface area contributed by atoms with Crippen LogP contribution in [-0.2, 0) is 92.3 Å². The summed E-state index contributed by atoms with van der Waals surface area (Å²) in [5.74, 6) is 3.29. The van der Waals surface area contributed by atoms with Crippen LogP contribution >= 0.6 is 0 Å². The second-order valence-electron chi connectivity index (χ2n) is 43.4. The number of benzene rings is 10. The molecule has 0 aromatic heterocycles. The van der Waals surface area contributed by atoms with E-state index in [2.05, 4.69) is 142 Å².